The van der Waals surface area contributed by atoms with Gasteiger partial charge in [0, 0.05) is 24.1 Å². The van der Waals surface area contributed by atoms with E-state index >= 15 is 0 Å². The molecule has 0 N–H and O–H groups in total. The SMILES string of the molecule is Cc1noc(C)c1CSc1ncccc1C(=O)OCCCCN1C(=O)c2ccccc2C1=O. The van der Waals surface area contributed by atoms with Crippen molar-refractivity contribution in [3.63, 3.8) is 0 Å². The number of hydrogen-bond donors (Lipinski definition) is 0. The molecule has 2 aromatic heterocycles. The van der Waals surface area contributed by atoms with Crippen molar-refractivity contribution in [2.75, 3.05) is 13.2 Å². The number of amides is 2. The summed E-state index contributed by atoms with van der Waals surface area (Å²) in [4.78, 5) is 43.0. The molecule has 0 aliphatic carbocycles. The van der Waals surface area contributed by atoms with Gasteiger partial charge < -0.3 is 9.26 Å². The molecular weight excluding hydrogens is 442 g/mol. The quantitative estimate of drug-likeness (QED) is 0.200. The van der Waals surface area contributed by atoms with Gasteiger partial charge in [0.15, 0.2) is 0 Å². The van der Waals surface area contributed by atoms with Crippen LogP contribution in [0.5, 0.6) is 0 Å². The van der Waals surface area contributed by atoms with E-state index in [1.54, 1.807) is 42.6 Å². The van der Waals surface area contributed by atoms with Crippen molar-refractivity contribution in [1.82, 2.24) is 15.0 Å². The van der Waals surface area contributed by atoms with E-state index in [-0.39, 0.29) is 25.0 Å². The van der Waals surface area contributed by atoms with E-state index in [2.05, 4.69) is 10.1 Å². The minimum Gasteiger partial charge on any atom is -0.462 e. The highest BCUT2D eigenvalue weighted by molar-refractivity contribution is 7.98. The molecule has 0 unspecified atom stereocenters. The molecule has 2 amide bonds. The molecule has 0 bridgehead atoms. The topological polar surface area (TPSA) is 103 Å². The lowest BCUT2D eigenvalue weighted by Crippen LogP contribution is -2.30. The number of aryl methyl sites for hydroxylation is 2. The molecule has 0 atom stereocenters. The number of carbonyl (C=O) groups excluding carboxylic acids is 3. The first kappa shape index (κ1) is 22.7. The molecule has 8 nitrogen and oxygen atoms in total. The van der Waals surface area contributed by atoms with Gasteiger partial charge in [-0.1, -0.05) is 17.3 Å². The zero-order chi connectivity index (χ0) is 23.4. The van der Waals surface area contributed by atoms with Gasteiger partial charge in [0.25, 0.3) is 11.8 Å². The van der Waals surface area contributed by atoms with Crippen molar-refractivity contribution >= 4 is 29.5 Å². The molecule has 3 heterocycles. The maximum atomic E-state index is 12.6. The minimum absolute atomic E-state index is 0.185. The maximum Gasteiger partial charge on any atom is 0.340 e. The Kier molecular flexibility index (Phi) is 6.88. The van der Waals surface area contributed by atoms with Gasteiger partial charge in [-0.05, 0) is 51.0 Å². The van der Waals surface area contributed by atoms with Crippen LogP contribution in [0.2, 0.25) is 0 Å². The molecule has 0 saturated heterocycles. The largest absolute Gasteiger partial charge is 0.462 e. The summed E-state index contributed by atoms with van der Waals surface area (Å²) in [5.41, 5.74) is 3.07. The van der Waals surface area contributed by atoms with E-state index in [0.29, 0.717) is 40.3 Å². The minimum atomic E-state index is -0.454. The monoisotopic (exact) mass is 465 g/mol. The third-order valence-corrected chi connectivity index (χ3v) is 6.44. The van der Waals surface area contributed by atoms with Crippen molar-refractivity contribution in [2.45, 2.75) is 37.5 Å². The Labute approximate surface area is 195 Å². The number of unbranched alkanes of at least 4 members (excludes halogenated alkanes) is 1. The fraction of sp³-hybridized carbons (Fsp3) is 0.292. The number of rotatable bonds is 9. The third kappa shape index (κ3) is 4.83. The lowest BCUT2D eigenvalue weighted by Gasteiger charge is -2.13. The Morgan fingerprint density at radius 2 is 1.79 bits per heavy atom. The molecule has 33 heavy (non-hydrogen) atoms. The van der Waals surface area contributed by atoms with Gasteiger partial charge in [-0.2, -0.15) is 0 Å². The van der Waals surface area contributed by atoms with Crippen LogP contribution in [0.15, 0.2) is 52.1 Å². The third-order valence-electron chi connectivity index (χ3n) is 5.41. The standard InChI is InChI=1S/C24H23N3O5S/c1-15-20(16(2)32-26-15)14-33-21-19(10-7-11-25-21)24(30)31-13-6-5-12-27-22(28)17-8-3-4-9-18(17)23(27)29/h3-4,7-11H,5-6,12-14H2,1-2H3. The summed E-state index contributed by atoms with van der Waals surface area (Å²) < 4.78 is 10.6. The van der Waals surface area contributed by atoms with Crippen LogP contribution >= 0.6 is 11.8 Å². The summed E-state index contributed by atoms with van der Waals surface area (Å²) in [6.45, 7) is 4.20. The van der Waals surface area contributed by atoms with E-state index in [9.17, 15) is 14.4 Å². The Morgan fingerprint density at radius 1 is 1.06 bits per heavy atom. The Bertz CT molecular complexity index is 1150. The summed E-state index contributed by atoms with van der Waals surface area (Å²) >= 11 is 1.42. The summed E-state index contributed by atoms with van der Waals surface area (Å²) in [7, 11) is 0. The number of nitrogens with zero attached hydrogens (tertiary/aromatic N) is 3. The second-order valence-corrected chi connectivity index (χ2v) is 8.56. The van der Waals surface area contributed by atoms with Gasteiger partial charge in [0.2, 0.25) is 0 Å². The van der Waals surface area contributed by atoms with Crippen molar-refractivity contribution in [3.05, 3.63) is 76.3 Å². The van der Waals surface area contributed by atoms with Gasteiger partial charge in [-0.15, -0.1) is 11.8 Å². The zero-order valence-electron chi connectivity index (χ0n) is 18.4. The van der Waals surface area contributed by atoms with Crippen molar-refractivity contribution < 1.29 is 23.6 Å². The van der Waals surface area contributed by atoms with Crippen molar-refractivity contribution in [3.8, 4) is 0 Å². The van der Waals surface area contributed by atoms with E-state index in [1.807, 2.05) is 13.8 Å². The zero-order valence-corrected chi connectivity index (χ0v) is 19.2. The molecule has 0 fully saturated rings. The average molecular weight is 466 g/mol. The van der Waals surface area contributed by atoms with Gasteiger partial charge in [-0.3, -0.25) is 14.5 Å². The number of fused-ring (bicyclic) bond motifs is 1. The maximum absolute atomic E-state index is 12.6. The number of esters is 1. The van der Waals surface area contributed by atoms with Gasteiger partial charge >= 0.3 is 5.97 Å². The van der Waals surface area contributed by atoms with Crippen molar-refractivity contribution in [1.29, 1.82) is 0 Å². The number of aromatic nitrogens is 2. The predicted octanol–water partition coefficient (Wildman–Crippen LogP) is 4.21. The highest BCUT2D eigenvalue weighted by Crippen LogP contribution is 2.27. The molecule has 4 rings (SSSR count). The lowest BCUT2D eigenvalue weighted by molar-refractivity contribution is 0.0481. The van der Waals surface area contributed by atoms with E-state index in [4.69, 9.17) is 9.26 Å². The molecule has 1 aromatic carbocycles. The molecule has 0 saturated carbocycles. The van der Waals surface area contributed by atoms with Crippen LogP contribution in [-0.4, -0.2) is 46.0 Å². The van der Waals surface area contributed by atoms with Crippen LogP contribution in [0.1, 0.15) is 60.9 Å². The summed E-state index contributed by atoms with van der Waals surface area (Å²) in [6.07, 6.45) is 2.70. The van der Waals surface area contributed by atoms with Crippen molar-refractivity contribution in [2.24, 2.45) is 0 Å². The number of carbonyl (C=O) groups is 3. The summed E-state index contributed by atoms with van der Waals surface area (Å²) in [5, 5.41) is 4.53. The molecule has 3 aromatic rings. The highest BCUT2D eigenvalue weighted by Gasteiger charge is 2.34. The van der Waals surface area contributed by atoms with E-state index < -0.39 is 5.97 Å². The smallest absolute Gasteiger partial charge is 0.340 e. The first-order valence-corrected chi connectivity index (χ1v) is 11.6. The second-order valence-electron chi connectivity index (χ2n) is 7.60. The fourth-order valence-electron chi connectivity index (χ4n) is 3.57. The fourth-order valence-corrected chi connectivity index (χ4v) is 4.70. The van der Waals surface area contributed by atoms with Crippen LogP contribution in [0.3, 0.4) is 0 Å². The van der Waals surface area contributed by atoms with Crippen LogP contribution in [0.25, 0.3) is 0 Å². The van der Waals surface area contributed by atoms with Crippen LogP contribution in [0, 0.1) is 13.8 Å². The van der Waals surface area contributed by atoms with Crippen LogP contribution < -0.4 is 0 Å². The number of ether oxygens (including phenoxy) is 1. The first-order chi connectivity index (χ1) is 16.0. The summed E-state index contributed by atoms with van der Waals surface area (Å²) in [5.74, 6) is 0.327. The van der Waals surface area contributed by atoms with Crippen LogP contribution in [0.4, 0.5) is 0 Å². The van der Waals surface area contributed by atoms with Gasteiger partial charge in [0.1, 0.15) is 10.8 Å². The molecule has 0 spiro atoms. The van der Waals surface area contributed by atoms with E-state index in [0.717, 1.165) is 17.0 Å². The number of imide groups is 1. The van der Waals surface area contributed by atoms with Gasteiger partial charge in [0.05, 0.1) is 29.0 Å². The molecule has 170 valence electrons. The Balaban J connectivity index is 1.26. The number of hydrogen-bond acceptors (Lipinski definition) is 8. The van der Waals surface area contributed by atoms with Crippen LogP contribution in [-0.2, 0) is 10.5 Å². The molecule has 0 radical (unpaired) electrons. The summed E-state index contributed by atoms with van der Waals surface area (Å²) in [6, 6.07) is 10.2. The lowest BCUT2D eigenvalue weighted by atomic mass is 10.1. The predicted molar refractivity (Wildman–Crippen MR) is 121 cm³/mol. The highest BCUT2D eigenvalue weighted by atomic mass is 32.2. The average Bonchev–Trinajstić information content (AvgIpc) is 3.28. The Hall–Kier alpha value is -3.46. The number of benzene rings is 1. The molecule has 1 aliphatic heterocycles. The molecule has 1 aliphatic rings. The Morgan fingerprint density at radius 3 is 2.45 bits per heavy atom. The first-order valence-electron chi connectivity index (χ1n) is 10.6. The molecular formula is C24H23N3O5S. The second kappa shape index (κ2) is 9.99. The van der Waals surface area contributed by atoms with E-state index in [1.165, 1.54) is 16.7 Å². The van der Waals surface area contributed by atoms with Gasteiger partial charge in [-0.25, -0.2) is 9.78 Å². The number of thioether (sulfide) groups is 1. The molecule has 9 heteroatoms. The number of pyridine rings is 1. The normalized spacial score (nSPS) is 12.8.